The molecule has 0 atom stereocenters. The maximum atomic E-state index is 2.35. The number of hydrogen-bond acceptors (Lipinski definition) is 0. The van der Waals surface area contributed by atoms with Crippen molar-refractivity contribution >= 4 is 0 Å². The molecule has 76 valence electrons. The van der Waals surface area contributed by atoms with Crippen LogP contribution in [0.4, 0.5) is 0 Å². The third kappa shape index (κ3) is 2.17. The van der Waals surface area contributed by atoms with Crippen LogP contribution in [0.15, 0.2) is 24.3 Å². The van der Waals surface area contributed by atoms with Crippen LogP contribution < -0.4 is 0 Å². The van der Waals surface area contributed by atoms with E-state index in [1.54, 1.807) is 5.56 Å². The van der Waals surface area contributed by atoms with Gasteiger partial charge in [-0.1, -0.05) is 50.5 Å². The fraction of sp³-hybridized carbons (Fsp3) is 0.571. The summed E-state index contributed by atoms with van der Waals surface area (Å²) in [5.74, 6) is 0.866. The fourth-order valence-electron chi connectivity index (χ4n) is 2.50. The third-order valence-corrected chi connectivity index (χ3v) is 3.34. The normalized spacial score (nSPS) is 17.5. The van der Waals surface area contributed by atoms with E-state index in [1.807, 2.05) is 0 Å². The second-order valence-corrected chi connectivity index (χ2v) is 4.47. The van der Waals surface area contributed by atoms with Crippen molar-refractivity contribution in [2.45, 2.75) is 51.4 Å². The molecule has 0 unspecified atom stereocenters. The van der Waals surface area contributed by atoms with E-state index in [0.29, 0.717) is 0 Å². The van der Waals surface area contributed by atoms with Gasteiger partial charge >= 0.3 is 0 Å². The van der Waals surface area contributed by atoms with Crippen molar-refractivity contribution in [3.8, 4) is 0 Å². The first kappa shape index (κ1) is 9.76. The molecule has 0 spiro atoms. The summed E-state index contributed by atoms with van der Waals surface area (Å²) in [5, 5.41) is 0. The molecule has 0 aliphatic heterocycles. The van der Waals surface area contributed by atoms with E-state index in [-0.39, 0.29) is 0 Å². The van der Waals surface area contributed by atoms with Gasteiger partial charge in [-0.3, -0.25) is 0 Å². The van der Waals surface area contributed by atoms with Crippen molar-refractivity contribution in [1.82, 2.24) is 0 Å². The molecule has 0 heterocycles. The minimum atomic E-state index is 0.866. The summed E-state index contributed by atoms with van der Waals surface area (Å²) in [6, 6.07) is 9.33. The number of aryl methyl sites for hydroxylation is 1. The van der Waals surface area contributed by atoms with E-state index in [1.165, 1.54) is 44.1 Å². The van der Waals surface area contributed by atoms with Gasteiger partial charge in [-0.25, -0.2) is 0 Å². The molecule has 0 nitrogen and oxygen atoms in total. The van der Waals surface area contributed by atoms with Crippen LogP contribution in [-0.2, 0) is 6.42 Å². The van der Waals surface area contributed by atoms with E-state index >= 15 is 0 Å². The highest BCUT2D eigenvalue weighted by Gasteiger charge is 2.16. The largest absolute Gasteiger partial charge is 0.0651 e. The van der Waals surface area contributed by atoms with Gasteiger partial charge in [0.15, 0.2) is 0 Å². The molecular formula is C14H20. The summed E-state index contributed by atoms with van der Waals surface area (Å²) in [6.45, 7) is 2.24. The molecule has 0 saturated heterocycles. The van der Waals surface area contributed by atoms with E-state index in [4.69, 9.17) is 0 Å². The molecule has 14 heavy (non-hydrogen) atoms. The van der Waals surface area contributed by atoms with Crippen LogP contribution in [-0.4, -0.2) is 0 Å². The Kier molecular flexibility index (Phi) is 3.23. The zero-order chi connectivity index (χ0) is 9.80. The van der Waals surface area contributed by atoms with Gasteiger partial charge in [-0.2, -0.15) is 0 Å². The summed E-state index contributed by atoms with van der Waals surface area (Å²) < 4.78 is 0. The van der Waals surface area contributed by atoms with E-state index in [0.717, 1.165) is 5.92 Å². The molecule has 1 aliphatic carbocycles. The number of rotatable bonds is 3. The Morgan fingerprint density at radius 1 is 1.07 bits per heavy atom. The Morgan fingerprint density at radius 3 is 2.29 bits per heavy atom. The molecule has 0 amide bonds. The highest BCUT2D eigenvalue weighted by atomic mass is 14.2. The van der Waals surface area contributed by atoms with Crippen molar-refractivity contribution in [1.29, 1.82) is 0 Å². The van der Waals surface area contributed by atoms with Gasteiger partial charge < -0.3 is 0 Å². The monoisotopic (exact) mass is 188 g/mol. The molecule has 0 radical (unpaired) electrons. The number of benzene rings is 1. The molecule has 0 aromatic heterocycles. The fourth-order valence-corrected chi connectivity index (χ4v) is 2.50. The van der Waals surface area contributed by atoms with Crippen molar-refractivity contribution in [3.05, 3.63) is 35.4 Å². The van der Waals surface area contributed by atoms with Gasteiger partial charge in [0.05, 0.1) is 0 Å². The third-order valence-electron chi connectivity index (χ3n) is 3.34. The van der Waals surface area contributed by atoms with Crippen molar-refractivity contribution < 1.29 is 0 Å². The second-order valence-electron chi connectivity index (χ2n) is 4.47. The number of hydrogen-bond donors (Lipinski definition) is 0. The molecule has 1 aromatic carbocycles. The van der Waals surface area contributed by atoms with Crippen LogP contribution in [0, 0.1) is 0 Å². The van der Waals surface area contributed by atoms with Crippen LogP contribution in [0.3, 0.4) is 0 Å². The predicted molar refractivity (Wildman–Crippen MR) is 61.6 cm³/mol. The lowest BCUT2D eigenvalue weighted by Gasteiger charge is -2.09. The molecule has 1 saturated carbocycles. The van der Waals surface area contributed by atoms with Crippen molar-refractivity contribution in [3.63, 3.8) is 0 Å². The van der Waals surface area contributed by atoms with Gasteiger partial charge in [0.25, 0.3) is 0 Å². The highest BCUT2D eigenvalue weighted by Crippen LogP contribution is 2.33. The average Bonchev–Trinajstić information content (AvgIpc) is 2.72. The van der Waals surface area contributed by atoms with Crippen molar-refractivity contribution in [2.75, 3.05) is 0 Å². The highest BCUT2D eigenvalue weighted by molar-refractivity contribution is 5.26. The SMILES string of the molecule is CCCc1ccc(C2CCCC2)cc1. The van der Waals surface area contributed by atoms with Crippen LogP contribution in [0.5, 0.6) is 0 Å². The van der Waals surface area contributed by atoms with E-state index < -0.39 is 0 Å². The lowest BCUT2D eigenvalue weighted by Crippen LogP contribution is -1.92. The quantitative estimate of drug-likeness (QED) is 0.663. The van der Waals surface area contributed by atoms with Crippen molar-refractivity contribution in [2.24, 2.45) is 0 Å². The van der Waals surface area contributed by atoms with E-state index in [9.17, 15) is 0 Å². The first-order valence-electron chi connectivity index (χ1n) is 5.99. The van der Waals surface area contributed by atoms with Gasteiger partial charge in [0.2, 0.25) is 0 Å². The minimum Gasteiger partial charge on any atom is -0.0651 e. The minimum absolute atomic E-state index is 0.866. The molecule has 0 heteroatoms. The second kappa shape index (κ2) is 4.63. The molecular weight excluding hydrogens is 168 g/mol. The zero-order valence-corrected chi connectivity index (χ0v) is 9.13. The van der Waals surface area contributed by atoms with Gasteiger partial charge in [0, 0.05) is 0 Å². The lowest BCUT2D eigenvalue weighted by molar-refractivity contribution is 0.722. The first-order chi connectivity index (χ1) is 6.90. The summed E-state index contributed by atoms with van der Waals surface area (Å²) in [7, 11) is 0. The lowest BCUT2D eigenvalue weighted by atomic mass is 9.96. The molecule has 1 aliphatic rings. The summed E-state index contributed by atoms with van der Waals surface area (Å²) in [6.07, 6.45) is 8.16. The molecule has 2 rings (SSSR count). The molecule has 0 bridgehead atoms. The average molecular weight is 188 g/mol. The summed E-state index contributed by atoms with van der Waals surface area (Å²) in [4.78, 5) is 0. The first-order valence-corrected chi connectivity index (χ1v) is 5.99. The summed E-state index contributed by atoms with van der Waals surface area (Å²) in [5.41, 5.74) is 3.07. The van der Waals surface area contributed by atoms with Gasteiger partial charge in [0.1, 0.15) is 0 Å². The Bertz CT molecular complexity index is 265. The molecule has 0 N–H and O–H groups in total. The molecule has 1 aromatic rings. The van der Waals surface area contributed by atoms with Crippen LogP contribution in [0.2, 0.25) is 0 Å². The van der Waals surface area contributed by atoms with Gasteiger partial charge in [-0.05, 0) is 36.3 Å². The van der Waals surface area contributed by atoms with E-state index in [2.05, 4.69) is 31.2 Å². The Morgan fingerprint density at radius 2 is 1.71 bits per heavy atom. The Balaban J connectivity index is 2.05. The topological polar surface area (TPSA) is 0 Å². The standard InChI is InChI=1S/C14H20/c1-2-5-12-8-10-14(11-9-12)13-6-3-4-7-13/h8-11,13H,2-7H2,1H3. The zero-order valence-electron chi connectivity index (χ0n) is 9.13. The van der Waals surface area contributed by atoms with Crippen LogP contribution >= 0.6 is 0 Å². The van der Waals surface area contributed by atoms with Gasteiger partial charge in [-0.15, -0.1) is 0 Å². The van der Waals surface area contributed by atoms with Crippen LogP contribution in [0.1, 0.15) is 56.1 Å². The molecule has 1 fully saturated rings. The Hall–Kier alpha value is -0.780. The predicted octanol–water partition coefficient (Wildman–Crippen LogP) is 4.30. The smallest absolute Gasteiger partial charge is 0.0162 e. The Labute approximate surface area is 87.3 Å². The summed E-state index contributed by atoms with van der Waals surface area (Å²) >= 11 is 0. The van der Waals surface area contributed by atoms with Crippen LogP contribution in [0.25, 0.3) is 0 Å². The maximum Gasteiger partial charge on any atom is -0.0162 e. The maximum absolute atomic E-state index is 2.35.